The van der Waals surface area contributed by atoms with Gasteiger partial charge in [0.15, 0.2) is 0 Å². The van der Waals surface area contributed by atoms with Crippen molar-refractivity contribution in [2.24, 2.45) is 0 Å². The molecule has 0 aliphatic carbocycles. The monoisotopic (exact) mass is 276 g/mol. The van der Waals surface area contributed by atoms with Crippen LogP contribution in [0.2, 0.25) is 5.02 Å². The summed E-state index contributed by atoms with van der Waals surface area (Å²) in [5.41, 5.74) is 1.01. The van der Waals surface area contributed by atoms with Gasteiger partial charge >= 0.3 is 0 Å². The highest BCUT2D eigenvalue weighted by atomic mass is 35.5. The van der Waals surface area contributed by atoms with Crippen molar-refractivity contribution in [3.8, 4) is 5.75 Å². The van der Waals surface area contributed by atoms with Crippen molar-refractivity contribution >= 4 is 28.4 Å². The molecule has 1 aromatic carbocycles. The van der Waals surface area contributed by atoms with Gasteiger partial charge in [-0.2, -0.15) is 0 Å². The van der Waals surface area contributed by atoms with E-state index in [-0.39, 0.29) is 6.10 Å². The summed E-state index contributed by atoms with van der Waals surface area (Å²) in [6, 6.07) is 3.24. The van der Waals surface area contributed by atoms with E-state index in [1.807, 2.05) is 6.92 Å². The summed E-state index contributed by atoms with van der Waals surface area (Å²) in [5.74, 6) is 0.524. The van der Waals surface area contributed by atoms with E-state index in [4.69, 9.17) is 32.7 Å². The van der Waals surface area contributed by atoms with Crippen LogP contribution in [0.15, 0.2) is 12.1 Å². The smallest absolute Gasteiger partial charge is 0.252 e. The van der Waals surface area contributed by atoms with Crippen molar-refractivity contribution in [2.45, 2.75) is 20.0 Å². The zero-order valence-corrected chi connectivity index (χ0v) is 11.4. The molecule has 94 valence electrons. The van der Waals surface area contributed by atoms with E-state index < -0.39 is 5.24 Å². The predicted molar refractivity (Wildman–Crippen MR) is 68.3 cm³/mol. The summed E-state index contributed by atoms with van der Waals surface area (Å²) in [6.45, 7) is 4.06. The lowest BCUT2D eigenvalue weighted by Gasteiger charge is -2.16. The van der Waals surface area contributed by atoms with E-state index in [1.165, 1.54) is 0 Å². The molecule has 0 bridgehead atoms. The molecule has 1 atom stereocenters. The number of hydrogen-bond donors (Lipinski definition) is 0. The molecule has 0 aromatic heterocycles. The molecule has 0 heterocycles. The van der Waals surface area contributed by atoms with Crippen LogP contribution < -0.4 is 4.74 Å². The standard InChI is InChI=1S/C12H14Cl2O3/c1-7(6-16-3)17-10-5-4-9(12(14)15)8(2)11(10)13/h4-5,7H,6H2,1-3H3. The summed E-state index contributed by atoms with van der Waals surface area (Å²) in [5, 5.41) is -0.125. The van der Waals surface area contributed by atoms with Crippen LogP contribution in [0.1, 0.15) is 22.8 Å². The van der Waals surface area contributed by atoms with E-state index in [1.54, 1.807) is 26.2 Å². The third-order valence-corrected chi connectivity index (χ3v) is 2.97. The van der Waals surface area contributed by atoms with Gasteiger partial charge in [-0.3, -0.25) is 4.79 Å². The topological polar surface area (TPSA) is 35.5 Å². The van der Waals surface area contributed by atoms with Gasteiger partial charge in [0.05, 0.1) is 11.6 Å². The molecule has 1 aromatic rings. The van der Waals surface area contributed by atoms with Crippen molar-refractivity contribution in [1.82, 2.24) is 0 Å². The van der Waals surface area contributed by atoms with Gasteiger partial charge in [0.1, 0.15) is 11.9 Å². The van der Waals surface area contributed by atoms with Crippen LogP contribution in [0, 0.1) is 6.92 Å². The van der Waals surface area contributed by atoms with Gasteiger partial charge in [0.2, 0.25) is 0 Å². The van der Waals surface area contributed by atoms with Gasteiger partial charge in [0.25, 0.3) is 5.24 Å². The molecule has 1 rings (SSSR count). The number of carbonyl (C=O) groups is 1. The first-order valence-corrected chi connectivity index (χ1v) is 5.87. The second-order valence-electron chi connectivity index (χ2n) is 3.71. The number of ether oxygens (including phenoxy) is 2. The van der Waals surface area contributed by atoms with Gasteiger partial charge in [-0.1, -0.05) is 11.6 Å². The summed E-state index contributed by atoms with van der Waals surface area (Å²) >= 11 is 11.5. The van der Waals surface area contributed by atoms with Gasteiger partial charge in [-0.15, -0.1) is 0 Å². The van der Waals surface area contributed by atoms with Crippen molar-refractivity contribution in [2.75, 3.05) is 13.7 Å². The fourth-order valence-electron chi connectivity index (χ4n) is 1.45. The Morgan fingerprint density at radius 1 is 1.47 bits per heavy atom. The summed E-state index contributed by atoms with van der Waals surface area (Å²) in [4.78, 5) is 11.1. The van der Waals surface area contributed by atoms with Crippen LogP contribution in [0.3, 0.4) is 0 Å². The molecule has 0 fully saturated rings. The van der Waals surface area contributed by atoms with Gasteiger partial charge in [0, 0.05) is 12.7 Å². The number of benzene rings is 1. The largest absolute Gasteiger partial charge is 0.487 e. The average molecular weight is 277 g/mol. The van der Waals surface area contributed by atoms with E-state index >= 15 is 0 Å². The molecule has 0 spiro atoms. The van der Waals surface area contributed by atoms with Crippen molar-refractivity contribution < 1.29 is 14.3 Å². The Morgan fingerprint density at radius 2 is 2.12 bits per heavy atom. The lowest BCUT2D eigenvalue weighted by atomic mass is 10.1. The van der Waals surface area contributed by atoms with E-state index in [2.05, 4.69) is 0 Å². The van der Waals surface area contributed by atoms with Crippen molar-refractivity contribution in [3.05, 3.63) is 28.3 Å². The predicted octanol–water partition coefficient (Wildman–Crippen LogP) is 3.44. The summed E-state index contributed by atoms with van der Waals surface area (Å²) < 4.78 is 10.6. The molecule has 0 saturated carbocycles. The second-order valence-corrected chi connectivity index (χ2v) is 4.43. The molecule has 0 N–H and O–H groups in total. The Kier molecular flexibility index (Phi) is 5.25. The van der Waals surface area contributed by atoms with Crippen molar-refractivity contribution in [3.63, 3.8) is 0 Å². The van der Waals surface area contributed by atoms with E-state index in [0.29, 0.717) is 28.5 Å². The molecule has 0 aliphatic rings. The fourth-order valence-corrected chi connectivity index (χ4v) is 1.86. The normalized spacial score (nSPS) is 12.3. The van der Waals surface area contributed by atoms with Gasteiger partial charge in [-0.05, 0) is 43.1 Å². The average Bonchev–Trinajstić information content (AvgIpc) is 2.25. The van der Waals surface area contributed by atoms with Gasteiger partial charge in [-0.25, -0.2) is 0 Å². The zero-order valence-electron chi connectivity index (χ0n) is 9.92. The third-order valence-electron chi connectivity index (χ3n) is 2.29. The van der Waals surface area contributed by atoms with Crippen LogP contribution in [-0.4, -0.2) is 25.1 Å². The van der Waals surface area contributed by atoms with Gasteiger partial charge < -0.3 is 9.47 Å². The van der Waals surface area contributed by atoms with Crippen LogP contribution in [0.25, 0.3) is 0 Å². The number of methoxy groups -OCH3 is 1. The first-order chi connectivity index (χ1) is 7.97. The summed E-state index contributed by atoms with van der Waals surface area (Å²) in [6.07, 6.45) is -0.116. The maximum atomic E-state index is 11.1. The minimum atomic E-state index is -0.527. The maximum absolute atomic E-state index is 11.1. The number of halogens is 2. The molecule has 17 heavy (non-hydrogen) atoms. The first-order valence-electron chi connectivity index (χ1n) is 5.12. The van der Waals surface area contributed by atoms with E-state index in [0.717, 1.165) is 0 Å². The Labute approximate surface area is 111 Å². The SMILES string of the molecule is COCC(C)Oc1ccc(C(=O)Cl)c(C)c1Cl. The molecule has 3 nitrogen and oxygen atoms in total. The Morgan fingerprint density at radius 3 is 2.65 bits per heavy atom. The minimum Gasteiger partial charge on any atom is -0.487 e. The quantitative estimate of drug-likeness (QED) is 0.773. The first kappa shape index (κ1) is 14.3. The molecule has 0 radical (unpaired) electrons. The molecular weight excluding hydrogens is 263 g/mol. The highest BCUT2D eigenvalue weighted by Gasteiger charge is 2.14. The molecule has 5 heteroatoms. The van der Waals surface area contributed by atoms with Crippen LogP contribution >= 0.6 is 23.2 Å². The highest BCUT2D eigenvalue weighted by molar-refractivity contribution is 6.68. The molecular formula is C12H14Cl2O3. The number of carbonyl (C=O) groups excluding carboxylic acids is 1. The van der Waals surface area contributed by atoms with Crippen LogP contribution in [-0.2, 0) is 4.74 Å². The zero-order chi connectivity index (χ0) is 13.0. The van der Waals surface area contributed by atoms with Crippen LogP contribution in [0.4, 0.5) is 0 Å². The molecule has 1 unspecified atom stereocenters. The van der Waals surface area contributed by atoms with Crippen molar-refractivity contribution in [1.29, 1.82) is 0 Å². The maximum Gasteiger partial charge on any atom is 0.252 e. The minimum absolute atomic E-state index is 0.116. The van der Waals surface area contributed by atoms with E-state index in [9.17, 15) is 4.79 Å². The third kappa shape index (κ3) is 3.60. The molecule has 0 aliphatic heterocycles. The fraction of sp³-hybridized carbons (Fsp3) is 0.417. The lowest BCUT2D eigenvalue weighted by molar-refractivity contribution is 0.0921. The second kappa shape index (κ2) is 6.24. The Bertz CT molecular complexity index is 418. The highest BCUT2D eigenvalue weighted by Crippen LogP contribution is 2.31. The molecule has 0 saturated heterocycles. The Balaban J connectivity index is 2.96. The Hall–Kier alpha value is -0.770. The number of rotatable bonds is 5. The molecule has 0 amide bonds. The number of hydrogen-bond acceptors (Lipinski definition) is 3. The summed E-state index contributed by atoms with van der Waals surface area (Å²) in [7, 11) is 1.60. The van der Waals surface area contributed by atoms with Crippen LogP contribution in [0.5, 0.6) is 5.75 Å². The lowest BCUT2D eigenvalue weighted by Crippen LogP contribution is -2.18.